The Morgan fingerprint density at radius 2 is 1.57 bits per heavy atom. The van der Waals surface area contributed by atoms with Gasteiger partial charge < -0.3 is 15.0 Å². The van der Waals surface area contributed by atoms with Crippen molar-refractivity contribution in [2.24, 2.45) is 0 Å². The van der Waals surface area contributed by atoms with Gasteiger partial charge in [0, 0.05) is 17.6 Å². The lowest BCUT2D eigenvalue weighted by atomic mass is 10.1. The largest absolute Gasteiger partial charge is 0.497 e. The zero-order chi connectivity index (χ0) is 20.7. The molecule has 0 heterocycles. The standard InChI is InChI=1S/C22H27ClN2O3/c1-15(2)24-22(27)16(3)25(14-18-7-11-20(28-4)12-8-18)21(26)13-17-5-9-19(23)10-6-17/h5-12,15-16H,13-14H2,1-4H3,(H,24,27)/t16-/m1/s1. The fourth-order valence-electron chi connectivity index (χ4n) is 2.79. The zero-order valence-electron chi connectivity index (χ0n) is 16.7. The van der Waals surface area contributed by atoms with Crippen molar-refractivity contribution in [1.29, 1.82) is 0 Å². The Kier molecular flexibility index (Phi) is 7.88. The number of carbonyl (C=O) groups excluding carboxylic acids is 2. The lowest BCUT2D eigenvalue weighted by Crippen LogP contribution is -2.49. The van der Waals surface area contributed by atoms with Crippen molar-refractivity contribution in [2.45, 2.75) is 45.8 Å². The number of amides is 2. The number of rotatable bonds is 8. The second kappa shape index (κ2) is 10.1. The van der Waals surface area contributed by atoms with Crippen molar-refractivity contribution in [2.75, 3.05) is 7.11 Å². The van der Waals surface area contributed by atoms with Crippen LogP contribution >= 0.6 is 11.6 Å². The molecule has 6 heteroatoms. The molecule has 0 radical (unpaired) electrons. The Labute approximate surface area is 171 Å². The van der Waals surface area contributed by atoms with Crippen LogP contribution in [0.15, 0.2) is 48.5 Å². The van der Waals surface area contributed by atoms with Gasteiger partial charge in [-0.2, -0.15) is 0 Å². The topological polar surface area (TPSA) is 58.6 Å². The van der Waals surface area contributed by atoms with Crippen LogP contribution in [0.25, 0.3) is 0 Å². The average Bonchev–Trinajstić information content (AvgIpc) is 2.67. The molecule has 2 amide bonds. The molecule has 0 aliphatic rings. The minimum absolute atomic E-state index is 0.00385. The van der Waals surface area contributed by atoms with Gasteiger partial charge in [0.25, 0.3) is 0 Å². The average molecular weight is 403 g/mol. The molecule has 0 fully saturated rings. The molecule has 1 N–H and O–H groups in total. The van der Waals surface area contributed by atoms with Gasteiger partial charge in [0.15, 0.2) is 0 Å². The van der Waals surface area contributed by atoms with Crippen molar-refractivity contribution in [3.8, 4) is 5.75 Å². The Bertz CT molecular complexity index is 788. The van der Waals surface area contributed by atoms with Crippen molar-refractivity contribution >= 4 is 23.4 Å². The highest BCUT2D eigenvalue weighted by Gasteiger charge is 2.26. The van der Waals surface area contributed by atoms with Crippen LogP contribution in [0.2, 0.25) is 5.02 Å². The first-order valence-corrected chi connectivity index (χ1v) is 9.65. The van der Waals surface area contributed by atoms with Gasteiger partial charge in [-0.05, 0) is 56.2 Å². The molecule has 0 aromatic heterocycles. The Morgan fingerprint density at radius 3 is 2.11 bits per heavy atom. The minimum atomic E-state index is -0.593. The van der Waals surface area contributed by atoms with Crippen LogP contribution in [0, 0.1) is 0 Å². The van der Waals surface area contributed by atoms with E-state index in [0.29, 0.717) is 11.6 Å². The summed E-state index contributed by atoms with van der Waals surface area (Å²) in [6.45, 7) is 5.88. The molecule has 5 nitrogen and oxygen atoms in total. The van der Waals surface area contributed by atoms with Crippen molar-refractivity contribution in [3.05, 3.63) is 64.7 Å². The molecule has 2 aromatic carbocycles. The Balaban J connectivity index is 2.21. The van der Waals surface area contributed by atoms with Crippen LogP contribution in [0.1, 0.15) is 31.9 Å². The fraction of sp³-hybridized carbons (Fsp3) is 0.364. The first kappa shape index (κ1) is 21.8. The highest BCUT2D eigenvalue weighted by Crippen LogP contribution is 2.17. The summed E-state index contributed by atoms with van der Waals surface area (Å²) in [5.41, 5.74) is 1.78. The second-order valence-electron chi connectivity index (χ2n) is 7.01. The number of ether oxygens (including phenoxy) is 1. The van der Waals surface area contributed by atoms with E-state index in [9.17, 15) is 9.59 Å². The van der Waals surface area contributed by atoms with E-state index in [-0.39, 0.29) is 24.3 Å². The van der Waals surface area contributed by atoms with Crippen LogP contribution < -0.4 is 10.1 Å². The monoisotopic (exact) mass is 402 g/mol. The molecule has 0 aliphatic carbocycles. The predicted molar refractivity (Wildman–Crippen MR) is 111 cm³/mol. The first-order valence-electron chi connectivity index (χ1n) is 9.27. The van der Waals surface area contributed by atoms with E-state index in [2.05, 4.69) is 5.32 Å². The number of methoxy groups -OCH3 is 1. The van der Waals surface area contributed by atoms with Gasteiger partial charge in [-0.15, -0.1) is 0 Å². The smallest absolute Gasteiger partial charge is 0.242 e. The summed E-state index contributed by atoms with van der Waals surface area (Å²) in [6, 6.07) is 14.1. The molecule has 28 heavy (non-hydrogen) atoms. The molecule has 1 atom stereocenters. The third-order valence-corrected chi connectivity index (χ3v) is 4.63. The summed E-state index contributed by atoms with van der Waals surface area (Å²) < 4.78 is 5.18. The van der Waals surface area contributed by atoms with Gasteiger partial charge in [-0.1, -0.05) is 35.9 Å². The molecule has 0 unspecified atom stereocenters. The van der Waals surface area contributed by atoms with E-state index in [0.717, 1.165) is 16.9 Å². The number of carbonyl (C=O) groups is 2. The summed E-state index contributed by atoms with van der Waals surface area (Å²) in [7, 11) is 1.61. The summed E-state index contributed by atoms with van der Waals surface area (Å²) in [4.78, 5) is 27.2. The number of hydrogen-bond donors (Lipinski definition) is 1. The van der Waals surface area contributed by atoms with E-state index < -0.39 is 6.04 Å². The second-order valence-corrected chi connectivity index (χ2v) is 7.45. The number of nitrogens with zero attached hydrogens (tertiary/aromatic N) is 1. The van der Waals surface area contributed by atoms with Crippen molar-refractivity contribution in [1.82, 2.24) is 10.2 Å². The van der Waals surface area contributed by atoms with Gasteiger partial charge in [-0.25, -0.2) is 0 Å². The molecule has 2 aromatic rings. The maximum absolute atomic E-state index is 13.0. The Morgan fingerprint density at radius 1 is 1.00 bits per heavy atom. The van der Waals surface area contributed by atoms with E-state index in [1.165, 1.54) is 0 Å². The molecular weight excluding hydrogens is 376 g/mol. The number of halogens is 1. The number of hydrogen-bond acceptors (Lipinski definition) is 3. The molecule has 0 spiro atoms. The summed E-state index contributed by atoms with van der Waals surface area (Å²) >= 11 is 5.92. The molecule has 0 saturated heterocycles. The van der Waals surface area contributed by atoms with Crippen LogP contribution in [0.5, 0.6) is 5.75 Å². The normalized spacial score (nSPS) is 11.8. The summed E-state index contributed by atoms with van der Waals surface area (Å²) in [5, 5.41) is 3.50. The molecule has 0 bridgehead atoms. The molecule has 0 aliphatic heterocycles. The van der Waals surface area contributed by atoms with E-state index >= 15 is 0 Å². The molecule has 150 valence electrons. The number of nitrogens with one attached hydrogen (secondary N) is 1. The maximum Gasteiger partial charge on any atom is 0.242 e. The fourth-order valence-corrected chi connectivity index (χ4v) is 2.92. The van der Waals surface area contributed by atoms with Crippen molar-refractivity contribution < 1.29 is 14.3 Å². The summed E-state index contributed by atoms with van der Waals surface area (Å²) in [6.07, 6.45) is 0.201. The van der Waals surface area contributed by atoms with Crippen LogP contribution in [-0.4, -0.2) is 35.9 Å². The zero-order valence-corrected chi connectivity index (χ0v) is 17.5. The SMILES string of the molecule is COc1ccc(CN(C(=O)Cc2ccc(Cl)cc2)[C@H](C)C(=O)NC(C)C)cc1. The van der Waals surface area contributed by atoms with Crippen molar-refractivity contribution in [3.63, 3.8) is 0 Å². The highest BCUT2D eigenvalue weighted by molar-refractivity contribution is 6.30. The van der Waals surface area contributed by atoms with Gasteiger partial charge in [0.05, 0.1) is 13.5 Å². The van der Waals surface area contributed by atoms with Gasteiger partial charge in [-0.3, -0.25) is 9.59 Å². The third kappa shape index (κ3) is 6.27. The van der Waals surface area contributed by atoms with E-state index in [4.69, 9.17) is 16.3 Å². The lowest BCUT2D eigenvalue weighted by molar-refractivity contribution is -0.140. The molecular formula is C22H27ClN2O3. The predicted octanol–water partition coefficient (Wildman–Crippen LogP) is 3.83. The van der Waals surface area contributed by atoms with Crippen LogP contribution in [0.4, 0.5) is 0 Å². The van der Waals surface area contributed by atoms with Gasteiger partial charge >= 0.3 is 0 Å². The maximum atomic E-state index is 13.0. The quantitative estimate of drug-likeness (QED) is 0.729. The lowest BCUT2D eigenvalue weighted by Gasteiger charge is -2.29. The van der Waals surface area contributed by atoms with E-state index in [1.54, 1.807) is 31.1 Å². The number of benzene rings is 2. The first-order chi connectivity index (χ1) is 13.3. The third-order valence-electron chi connectivity index (χ3n) is 4.38. The van der Waals surface area contributed by atoms with Gasteiger partial charge in [0.2, 0.25) is 11.8 Å². The minimum Gasteiger partial charge on any atom is -0.497 e. The Hall–Kier alpha value is -2.53. The van der Waals surface area contributed by atoms with E-state index in [1.807, 2.05) is 50.2 Å². The highest BCUT2D eigenvalue weighted by atomic mass is 35.5. The molecule has 0 saturated carbocycles. The van der Waals surface area contributed by atoms with Gasteiger partial charge in [0.1, 0.15) is 11.8 Å². The van der Waals surface area contributed by atoms with Crippen LogP contribution in [-0.2, 0) is 22.6 Å². The molecule has 2 rings (SSSR count). The summed E-state index contributed by atoms with van der Waals surface area (Å²) in [5.74, 6) is 0.450. The van der Waals surface area contributed by atoms with Crippen LogP contribution in [0.3, 0.4) is 0 Å².